The number of hydrogen-bond donors (Lipinski definition) is 2. The van der Waals surface area contributed by atoms with E-state index in [4.69, 9.17) is 26.7 Å². The maximum Gasteiger partial charge on any atom is 0.338 e. The van der Waals surface area contributed by atoms with Crippen molar-refractivity contribution in [3.63, 3.8) is 0 Å². The minimum absolute atomic E-state index is 0.0945. The second-order valence-electron chi connectivity index (χ2n) is 6.22. The number of nitriles is 1. The molecule has 0 radical (unpaired) electrons. The molecule has 11 heteroatoms. The molecule has 0 saturated carbocycles. The largest absolute Gasteiger partial charge is 0.478 e. The summed E-state index contributed by atoms with van der Waals surface area (Å²) in [5.74, 6) is -2.38. The van der Waals surface area contributed by atoms with Gasteiger partial charge in [0.25, 0.3) is 10.0 Å². The van der Waals surface area contributed by atoms with E-state index < -0.39 is 37.3 Å². The number of nitrogens with one attached hydrogen (secondary N) is 1. The van der Waals surface area contributed by atoms with E-state index in [1.807, 2.05) is 6.07 Å². The van der Waals surface area contributed by atoms with E-state index in [-0.39, 0.29) is 17.1 Å². The fraction of sp³-hybridized carbons (Fsp3) is 0.0500. The van der Waals surface area contributed by atoms with Gasteiger partial charge < -0.3 is 9.84 Å². The number of rotatable bonds is 6. The quantitative estimate of drug-likeness (QED) is 0.558. The van der Waals surface area contributed by atoms with E-state index >= 15 is 0 Å². The third kappa shape index (κ3) is 4.74. The molecule has 0 aliphatic rings. The van der Waals surface area contributed by atoms with Crippen molar-refractivity contribution in [3.05, 3.63) is 76.2 Å². The maximum atomic E-state index is 13.7. The van der Waals surface area contributed by atoms with Crippen molar-refractivity contribution in [1.29, 1.82) is 5.26 Å². The number of ether oxygens (including phenoxy) is 1. The summed E-state index contributed by atoms with van der Waals surface area (Å²) in [7, 11) is -4.33. The van der Waals surface area contributed by atoms with Crippen molar-refractivity contribution in [1.82, 2.24) is 4.98 Å². The molecule has 0 amide bonds. The van der Waals surface area contributed by atoms with Gasteiger partial charge in [0.05, 0.1) is 16.3 Å². The number of aryl methyl sites for hydroxylation is 1. The van der Waals surface area contributed by atoms with Crippen molar-refractivity contribution >= 4 is 33.3 Å². The molecule has 3 rings (SSSR count). The molecule has 0 saturated heterocycles. The molecule has 2 aromatic carbocycles. The molecule has 1 aromatic heterocycles. The normalized spacial score (nSPS) is 10.9. The number of carboxylic acids is 1. The summed E-state index contributed by atoms with van der Waals surface area (Å²) >= 11 is 5.84. The van der Waals surface area contributed by atoms with E-state index in [2.05, 4.69) is 9.71 Å². The van der Waals surface area contributed by atoms with Crippen molar-refractivity contribution in [3.8, 4) is 17.7 Å². The fourth-order valence-electron chi connectivity index (χ4n) is 2.58. The van der Waals surface area contributed by atoms with Gasteiger partial charge >= 0.3 is 5.97 Å². The Labute approximate surface area is 181 Å². The van der Waals surface area contributed by atoms with Crippen LogP contribution in [0, 0.1) is 24.1 Å². The SMILES string of the molecule is Cc1cc(Oc2ncccc2C#N)ccc1NS(=O)(=O)c1cc(C(=O)O)c(F)cc1Cl. The minimum atomic E-state index is -4.33. The van der Waals surface area contributed by atoms with E-state index in [9.17, 15) is 17.6 Å². The predicted octanol–water partition coefficient (Wildman–Crippen LogP) is 4.35. The Morgan fingerprint density at radius 3 is 2.68 bits per heavy atom. The van der Waals surface area contributed by atoms with E-state index in [1.165, 1.54) is 30.5 Å². The molecule has 0 fully saturated rings. The Hall–Kier alpha value is -3.68. The third-order valence-corrected chi connectivity index (χ3v) is 5.92. The number of nitrogens with zero attached hydrogens (tertiary/aromatic N) is 2. The average Bonchev–Trinajstić information content (AvgIpc) is 2.70. The summed E-state index contributed by atoms with van der Waals surface area (Å²) in [5, 5.41) is 17.7. The number of aromatic nitrogens is 1. The van der Waals surface area contributed by atoms with E-state index in [0.29, 0.717) is 23.4 Å². The Kier molecular flexibility index (Phi) is 6.10. The highest BCUT2D eigenvalue weighted by molar-refractivity contribution is 7.92. The van der Waals surface area contributed by atoms with Crippen LogP contribution < -0.4 is 9.46 Å². The smallest absolute Gasteiger partial charge is 0.338 e. The predicted molar refractivity (Wildman–Crippen MR) is 109 cm³/mol. The van der Waals surface area contributed by atoms with Crippen molar-refractivity contribution in [2.45, 2.75) is 11.8 Å². The van der Waals surface area contributed by atoms with Gasteiger partial charge in [0.1, 0.15) is 28.1 Å². The van der Waals surface area contributed by atoms with Crippen LogP contribution in [0.5, 0.6) is 11.6 Å². The molecule has 3 aromatic rings. The zero-order valence-corrected chi connectivity index (χ0v) is 17.3. The van der Waals surface area contributed by atoms with Gasteiger partial charge in [0.2, 0.25) is 5.88 Å². The number of anilines is 1. The van der Waals surface area contributed by atoms with Crippen LogP contribution >= 0.6 is 11.6 Å². The lowest BCUT2D eigenvalue weighted by atomic mass is 10.2. The standard InChI is InChI=1S/C20H13ClFN3O5S/c1-11-7-13(30-19-12(10-23)3-2-6-24-19)4-5-17(11)25-31(28,29)18-8-14(20(26)27)16(22)9-15(18)21/h2-9,25H,1H3,(H,26,27). The van der Waals surface area contributed by atoms with Crippen LogP contribution in [0.1, 0.15) is 21.5 Å². The van der Waals surface area contributed by atoms with Gasteiger partial charge in [-0.3, -0.25) is 4.72 Å². The first-order valence-electron chi connectivity index (χ1n) is 8.51. The molecular weight excluding hydrogens is 449 g/mol. The summed E-state index contributed by atoms with van der Waals surface area (Å²) < 4.78 is 47.1. The number of benzene rings is 2. The summed E-state index contributed by atoms with van der Waals surface area (Å²) in [6.07, 6.45) is 1.46. The van der Waals surface area contributed by atoms with Crippen LogP contribution in [0.4, 0.5) is 10.1 Å². The van der Waals surface area contributed by atoms with Gasteiger partial charge in [-0.1, -0.05) is 11.6 Å². The number of carbonyl (C=O) groups is 1. The monoisotopic (exact) mass is 461 g/mol. The molecule has 0 atom stereocenters. The van der Waals surface area contributed by atoms with E-state index in [1.54, 1.807) is 13.0 Å². The first kappa shape index (κ1) is 22.0. The van der Waals surface area contributed by atoms with E-state index in [0.717, 1.165) is 0 Å². The molecule has 158 valence electrons. The molecule has 2 N–H and O–H groups in total. The van der Waals surface area contributed by atoms with Gasteiger partial charge in [-0.15, -0.1) is 0 Å². The topological polar surface area (TPSA) is 129 Å². The Morgan fingerprint density at radius 2 is 2.03 bits per heavy atom. The Bertz CT molecular complexity index is 1340. The number of halogens is 2. The van der Waals surface area contributed by atoms with Crippen LogP contribution in [0.15, 0.2) is 53.6 Å². The Morgan fingerprint density at radius 1 is 1.29 bits per heavy atom. The van der Waals surface area contributed by atoms with Crippen molar-refractivity contribution < 1.29 is 27.4 Å². The number of hydrogen-bond acceptors (Lipinski definition) is 6. The molecule has 0 bridgehead atoms. The first-order chi connectivity index (χ1) is 14.6. The second-order valence-corrected chi connectivity index (χ2v) is 8.28. The second kappa shape index (κ2) is 8.59. The molecule has 0 aliphatic carbocycles. The number of pyridine rings is 1. The zero-order chi connectivity index (χ0) is 22.8. The van der Waals surface area contributed by atoms with Gasteiger partial charge in [-0.2, -0.15) is 5.26 Å². The summed E-state index contributed by atoms with van der Waals surface area (Å²) in [6.45, 7) is 1.60. The van der Waals surface area contributed by atoms with Gasteiger partial charge in [-0.05, 0) is 55.0 Å². The highest BCUT2D eigenvalue weighted by Crippen LogP contribution is 2.30. The number of aromatic carboxylic acids is 1. The fourth-order valence-corrected chi connectivity index (χ4v) is 4.25. The summed E-state index contributed by atoms with van der Waals surface area (Å²) in [6, 6.07) is 10.7. The van der Waals surface area contributed by atoms with Crippen LogP contribution in [-0.4, -0.2) is 24.5 Å². The Balaban J connectivity index is 1.90. The van der Waals surface area contributed by atoms with Crippen LogP contribution in [0.2, 0.25) is 5.02 Å². The molecule has 31 heavy (non-hydrogen) atoms. The summed E-state index contributed by atoms with van der Waals surface area (Å²) in [5.41, 5.74) is 0.0115. The molecule has 0 unspecified atom stereocenters. The van der Waals surface area contributed by atoms with Crippen LogP contribution in [-0.2, 0) is 10.0 Å². The van der Waals surface area contributed by atoms with Crippen molar-refractivity contribution in [2.24, 2.45) is 0 Å². The zero-order valence-electron chi connectivity index (χ0n) is 15.8. The molecule has 0 spiro atoms. The summed E-state index contributed by atoms with van der Waals surface area (Å²) in [4.78, 5) is 14.5. The molecule has 8 nitrogen and oxygen atoms in total. The highest BCUT2D eigenvalue weighted by Gasteiger charge is 2.24. The number of sulfonamides is 1. The maximum absolute atomic E-state index is 13.7. The third-order valence-electron chi connectivity index (χ3n) is 4.09. The van der Waals surface area contributed by atoms with Crippen LogP contribution in [0.25, 0.3) is 0 Å². The molecule has 0 aliphatic heterocycles. The lowest BCUT2D eigenvalue weighted by Crippen LogP contribution is -2.16. The van der Waals surface area contributed by atoms with Gasteiger partial charge in [0, 0.05) is 6.20 Å². The lowest BCUT2D eigenvalue weighted by Gasteiger charge is -2.14. The average molecular weight is 462 g/mol. The number of carboxylic acid groups (broad SMARTS) is 1. The minimum Gasteiger partial charge on any atom is -0.478 e. The van der Waals surface area contributed by atoms with Gasteiger partial charge in [0.15, 0.2) is 0 Å². The van der Waals surface area contributed by atoms with Crippen LogP contribution in [0.3, 0.4) is 0 Å². The molecule has 1 heterocycles. The highest BCUT2D eigenvalue weighted by atomic mass is 35.5. The lowest BCUT2D eigenvalue weighted by molar-refractivity contribution is 0.0691. The van der Waals surface area contributed by atoms with Crippen molar-refractivity contribution in [2.75, 3.05) is 4.72 Å². The van der Waals surface area contributed by atoms with Gasteiger partial charge in [-0.25, -0.2) is 22.6 Å². The first-order valence-corrected chi connectivity index (χ1v) is 10.4. The molecular formula is C20H13ClFN3O5S.